The first-order valence-electron chi connectivity index (χ1n) is 16.4. The van der Waals surface area contributed by atoms with E-state index in [1.54, 1.807) is 13.1 Å². The van der Waals surface area contributed by atoms with Crippen molar-refractivity contribution >= 4 is 17.8 Å². The Bertz CT molecular complexity index is 1180. The van der Waals surface area contributed by atoms with Crippen molar-refractivity contribution in [3.05, 3.63) is 84.6 Å². The van der Waals surface area contributed by atoms with Gasteiger partial charge in [-0.3, -0.25) is 9.59 Å². The van der Waals surface area contributed by atoms with Crippen LogP contribution in [0.4, 0.5) is 4.79 Å². The summed E-state index contributed by atoms with van der Waals surface area (Å²) in [5.41, 5.74) is 3.14. The highest BCUT2D eigenvalue weighted by Crippen LogP contribution is 2.25. The Hall–Kier alpha value is -3.65. The zero-order valence-corrected chi connectivity index (χ0v) is 28.3. The van der Waals surface area contributed by atoms with Gasteiger partial charge in [0.25, 0.3) is 0 Å². The number of allylic oxidation sites excluding steroid dienone is 8. The predicted octanol–water partition coefficient (Wildman–Crippen LogP) is 6.31. The van der Waals surface area contributed by atoms with Crippen LogP contribution in [0.1, 0.15) is 73.1 Å². The van der Waals surface area contributed by atoms with Crippen molar-refractivity contribution < 1.29 is 19.1 Å². The van der Waals surface area contributed by atoms with Gasteiger partial charge in [0.2, 0.25) is 11.8 Å². The van der Waals surface area contributed by atoms with E-state index in [1.165, 1.54) is 10.5 Å². The molecule has 3 N–H and O–H groups in total. The molecule has 45 heavy (non-hydrogen) atoms. The quantitative estimate of drug-likeness (QED) is 0.156. The first-order chi connectivity index (χ1) is 21.5. The largest absolute Gasteiger partial charge is 0.363 e. The highest BCUT2D eigenvalue weighted by molar-refractivity contribution is 5.87. The average molecular weight is 621 g/mol. The highest BCUT2D eigenvalue weighted by Gasteiger charge is 2.30. The summed E-state index contributed by atoms with van der Waals surface area (Å²) < 4.78 is 6.06. The van der Waals surface area contributed by atoms with E-state index >= 15 is 0 Å². The summed E-state index contributed by atoms with van der Waals surface area (Å²) in [7, 11) is 1.65. The zero-order valence-electron chi connectivity index (χ0n) is 28.3. The molecule has 0 aromatic rings. The number of likely N-dealkylation sites (N-methyl/N-ethyl adjacent to an activating group) is 1. The number of ether oxygens (including phenoxy) is 1. The molecule has 2 aliphatic rings. The molecule has 8 heteroatoms. The Morgan fingerprint density at radius 1 is 1.20 bits per heavy atom. The van der Waals surface area contributed by atoms with Crippen LogP contribution < -0.4 is 16.0 Å². The van der Waals surface area contributed by atoms with Crippen molar-refractivity contribution in [3.63, 3.8) is 0 Å². The maximum absolute atomic E-state index is 13.6. The molecular formula is C37H56N4O4. The number of hydrogen-bond acceptors (Lipinski definition) is 4. The third-order valence-electron chi connectivity index (χ3n) is 8.44. The van der Waals surface area contributed by atoms with Gasteiger partial charge in [-0.05, 0) is 63.9 Å². The number of carbonyl (C=O) groups excluding carboxylic acids is 3. The Morgan fingerprint density at radius 2 is 1.96 bits per heavy atom. The smallest absolute Gasteiger partial charge is 0.317 e. The first-order valence-corrected chi connectivity index (χ1v) is 16.4. The molecule has 2 aliphatic carbocycles. The zero-order chi connectivity index (χ0) is 33.4. The van der Waals surface area contributed by atoms with Crippen LogP contribution in [0.3, 0.4) is 0 Å². The Kier molecular flexibility index (Phi) is 16.4. The summed E-state index contributed by atoms with van der Waals surface area (Å²) in [6, 6.07) is -1.31. The SMILES string of the molecule is C=C/C=C\C(=C)C[C@H](NC(=O)COC1C(C)=CC=CC1C)[C@@H](C)C[C@H](CC1=CCCC=C1)NC(=O)C(CC)N(C)C(=O)NCC. The molecule has 0 saturated heterocycles. The van der Waals surface area contributed by atoms with E-state index < -0.39 is 6.04 Å². The Balaban J connectivity index is 2.23. The third-order valence-corrected chi connectivity index (χ3v) is 8.44. The highest BCUT2D eigenvalue weighted by atomic mass is 16.5. The number of carbonyl (C=O) groups is 3. The second-order valence-corrected chi connectivity index (χ2v) is 12.3. The van der Waals surface area contributed by atoms with Gasteiger partial charge in [-0.25, -0.2) is 4.79 Å². The van der Waals surface area contributed by atoms with Gasteiger partial charge in [-0.15, -0.1) is 0 Å². The summed E-state index contributed by atoms with van der Waals surface area (Å²) in [6.45, 7) is 18.3. The fourth-order valence-corrected chi connectivity index (χ4v) is 5.90. The predicted molar refractivity (Wildman–Crippen MR) is 185 cm³/mol. The summed E-state index contributed by atoms with van der Waals surface area (Å²) in [5.74, 6) is -0.196. The number of urea groups is 1. The first kappa shape index (κ1) is 37.5. The van der Waals surface area contributed by atoms with Crippen molar-refractivity contribution in [1.29, 1.82) is 0 Å². The summed E-state index contributed by atoms with van der Waals surface area (Å²) in [5, 5.41) is 9.26. The van der Waals surface area contributed by atoms with Crippen LogP contribution in [0.2, 0.25) is 0 Å². The molecule has 3 unspecified atom stereocenters. The molecule has 0 radical (unpaired) electrons. The van der Waals surface area contributed by atoms with Gasteiger partial charge < -0.3 is 25.6 Å². The molecule has 2 rings (SSSR count). The van der Waals surface area contributed by atoms with Gasteiger partial charge in [0.05, 0.1) is 6.10 Å². The summed E-state index contributed by atoms with van der Waals surface area (Å²) in [6.07, 6.45) is 22.2. The maximum Gasteiger partial charge on any atom is 0.317 e. The van der Waals surface area contributed by atoms with Crippen molar-refractivity contribution in [2.45, 2.75) is 97.4 Å². The number of rotatable bonds is 18. The molecule has 0 heterocycles. The van der Waals surface area contributed by atoms with Crippen LogP contribution in [0.5, 0.6) is 0 Å². The Labute approximate surface area is 271 Å². The van der Waals surface area contributed by atoms with Crippen LogP contribution in [-0.4, -0.2) is 67.2 Å². The van der Waals surface area contributed by atoms with E-state index in [2.05, 4.69) is 67.3 Å². The van der Waals surface area contributed by atoms with Crippen molar-refractivity contribution in [3.8, 4) is 0 Å². The molecule has 6 atom stereocenters. The number of amides is 4. The van der Waals surface area contributed by atoms with Crippen LogP contribution in [0.15, 0.2) is 84.6 Å². The lowest BCUT2D eigenvalue weighted by atomic mass is 9.87. The van der Waals surface area contributed by atoms with E-state index in [-0.39, 0.29) is 54.5 Å². The molecule has 248 valence electrons. The fourth-order valence-electron chi connectivity index (χ4n) is 5.90. The van der Waals surface area contributed by atoms with E-state index in [4.69, 9.17) is 4.74 Å². The monoisotopic (exact) mass is 620 g/mol. The Morgan fingerprint density at radius 3 is 2.58 bits per heavy atom. The molecule has 0 bridgehead atoms. The van der Waals surface area contributed by atoms with Gasteiger partial charge in [0.15, 0.2) is 0 Å². The van der Waals surface area contributed by atoms with E-state index in [1.807, 2.05) is 45.1 Å². The van der Waals surface area contributed by atoms with Crippen molar-refractivity contribution in [1.82, 2.24) is 20.9 Å². The van der Waals surface area contributed by atoms with Crippen LogP contribution in [0, 0.1) is 11.8 Å². The maximum atomic E-state index is 13.6. The fraction of sp³-hybridized carbons (Fsp3) is 0.541. The topological polar surface area (TPSA) is 99.8 Å². The molecule has 0 spiro atoms. The molecular weight excluding hydrogens is 564 g/mol. The second-order valence-electron chi connectivity index (χ2n) is 12.3. The number of nitrogens with one attached hydrogen (secondary N) is 3. The van der Waals surface area contributed by atoms with Crippen LogP contribution in [0.25, 0.3) is 0 Å². The van der Waals surface area contributed by atoms with E-state index in [0.717, 1.165) is 24.0 Å². The second kappa shape index (κ2) is 19.7. The minimum Gasteiger partial charge on any atom is -0.363 e. The van der Waals surface area contributed by atoms with Gasteiger partial charge in [-0.2, -0.15) is 0 Å². The lowest BCUT2D eigenvalue weighted by Gasteiger charge is -2.32. The average Bonchev–Trinajstić information content (AvgIpc) is 3.00. The van der Waals surface area contributed by atoms with E-state index in [0.29, 0.717) is 32.2 Å². The lowest BCUT2D eigenvalue weighted by molar-refractivity contribution is -0.129. The molecule has 0 aromatic carbocycles. The summed E-state index contributed by atoms with van der Waals surface area (Å²) in [4.78, 5) is 40.8. The van der Waals surface area contributed by atoms with Gasteiger partial charge in [0.1, 0.15) is 12.6 Å². The lowest BCUT2D eigenvalue weighted by Crippen LogP contribution is -2.53. The standard InChI is InChI=1S/C37H56N4O4/c1-9-12-17-26(4)22-32(40-34(42)25-45-35-27(5)18-16-19-28(35)6)29(7)23-31(24-30-20-14-13-15-21-30)39-36(43)33(10-2)41(8)37(44)38-11-3/h9,12,14,16-21,27,29,31-33,35H,1,4,10-11,13,15,22-25H2,2-3,5-8H3,(H,38,44)(H,39,43)(H,40,42)/b17-12-/t27?,29-,31+,32-,33?,35?/m0/s1. The van der Waals surface area contributed by atoms with Crippen LogP contribution >= 0.6 is 0 Å². The van der Waals surface area contributed by atoms with Crippen molar-refractivity contribution in [2.24, 2.45) is 11.8 Å². The molecule has 0 aromatic heterocycles. The molecule has 8 nitrogen and oxygen atoms in total. The molecule has 0 saturated carbocycles. The molecule has 0 fully saturated rings. The number of nitrogens with zero attached hydrogens (tertiary/aromatic N) is 1. The molecule has 4 amide bonds. The molecule has 0 aliphatic heterocycles. The third kappa shape index (κ3) is 12.7. The van der Waals surface area contributed by atoms with Crippen LogP contribution in [-0.2, 0) is 14.3 Å². The normalized spacial score (nSPS) is 20.3. The summed E-state index contributed by atoms with van der Waals surface area (Å²) >= 11 is 0. The minimum absolute atomic E-state index is 0.0133. The van der Waals surface area contributed by atoms with Gasteiger partial charge >= 0.3 is 6.03 Å². The van der Waals surface area contributed by atoms with Crippen molar-refractivity contribution in [2.75, 3.05) is 20.2 Å². The van der Waals surface area contributed by atoms with Gasteiger partial charge in [-0.1, -0.05) is 99.8 Å². The minimum atomic E-state index is -0.601. The number of hydrogen-bond donors (Lipinski definition) is 3. The van der Waals surface area contributed by atoms with Gasteiger partial charge in [0, 0.05) is 31.6 Å². The van der Waals surface area contributed by atoms with E-state index in [9.17, 15) is 14.4 Å².